The van der Waals surface area contributed by atoms with Crippen molar-refractivity contribution >= 4 is 5.97 Å². The van der Waals surface area contributed by atoms with Gasteiger partial charge in [-0.15, -0.1) is 0 Å². The number of aryl methyl sites for hydroxylation is 1. The van der Waals surface area contributed by atoms with Gasteiger partial charge in [-0.05, 0) is 24.1 Å². The number of ether oxygens (including phenoxy) is 1. The molecule has 0 bridgehead atoms. The molecule has 0 aliphatic carbocycles. The molecule has 0 spiro atoms. The highest BCUT2D eigenvalue weighted by Gasteiger charge is 2.11. The predicted octanol–water partition coefficient (Wildman–Crippen LogP) is 1.99. The van der Waals surface area contributed by atoms with Gasteiger partial charge in [-0.25, -0.2) is 8.78 Å². The molecule has 1 aromatic rings. The Morgan fingerprint density at radius 2 is 1.93 bits per heavy atom. The summed E-state index contributed by atoms with van der Waals surface area (Å²) >= 11 is 0. The van der Waals surface area contributed by atoms with Gasteiger partial charge in [0, 0.05) is 6.42 Å². The third-order valence-electron chi connectivity index (χ3n) is 1.89. The molecule has 82 valence electrons. The Labute approximate surface area is 85.3 Å². The summed E-state index contributed by atoms with van der Waals surface area (Å²) in [5.74, 6) is -3.10. The second-order valence-electron chi connectivity index (χ2n) is 2.99. The predicted molar refractivity (Wildman–Crippen MR) is 48.9 cm³/mol. The molecular formula is C10H10F2O3. The summed E-state index contributed by atoms with van der Waals surface area (Å²) in [4.78, 5) is 10.3. The van der Waals surface area contributed by atoms with Gasteiger partial charge in [0.25, 0.3) is 0 Å². The maximum Gasteiger partial charge on any atom is 0.303 e. The normalized spacial score (nSPS) is 10.1. The lowest BCUT2D eigenvalue weighted by atomic mass is 10.1. The molecule has 0 fully saturated rings. The molecule has 5 heteroatoms. The smallest absolute Gasteiger partial charge is 0.303 e. The van der Waals surface area contributed by atoms with Gasteiger partial charge in [0.05, 0.1) is 7.11 Å². The molecule has 0 aliphatic rings. The molecule has 1 aromatic carbocycles. The minimum Gasteiger partial charge on any atom is -0.491 e. The summed E-state index contributed by atoms with van der Waals surface area (Å²) in [7, 11) is 1.17. The van der Waals surface area contributed by atoms with Crippen LogP contribution in [0, 0.1) is 11.6 Å². The number of benzene rings is 1. The third kappa shape index (κ3) is 2.90. The van der Waals surface area contributed by atoms with E-state index in [0.29, 0.717) is 5.56 Å². The lowest BCUT2D eigenvalue weighted by Crippen LogP contribution is -2.00. The molecule has 3 nitrogen and oxygen atoms in total. The fraction of sp³-hybridized carbons (Fsp3) is 0.300. The van der Waals surface area contributed by atoms with Crippen LogP contribution in [-0.4, -0.2) is 18.2 Å². The van der Waals surface area contributed by atoms with Crippen molar-refractivity contribution in [2.24, 2.45) is 0 Å². The summed E-state index contributed by atoms with van der Waals surface area (Å²) in [5, 5.41) is 8.40. The second-order valence-corrected chi connectivity index (χ2v) is 2.99. The summed E-state index contributed by atoms with van der Waals surface area (Å²) in [6.45, 7) is 0. The van der Waals surface area contributed by atoms with E-state index in [0.717, 1.165) is 12.1 Å². The first kappa shape index (κ1) is 11.4. The van der Waals surface area contributed by atoms with E-state index in [1.54, 1.807) is 0 Å². The molecule has 1 N–H and O–H groups in total. The molecule has 0 aromatic heterocycles. The Morgan fingerprint density at radius 3 is 2.33 bits per heavy atom. The van der Waals surface area contributed by atoms with Crippen LogP contribution in [0.2, 0.25) is 0 Å². The molecule has 0 unspecified atom stereocenters. The van der Waals surface area contributed by atoms with E-state index in [2.05, 4.69) is 4.74 Å². The zero-order chi connectivity index (χ0) is 11.4. The van der Waals surface area contributed by atoms with Crippen LogP contribution in [-0.2, 0) is 11.2 Å². The van der Waals surface area contributed by atoms with Crippen molar-refractivity contribution in [3.8, 4) is 5.75 Å². The van der Waals surface area contributed by atoms with E-state index in [-0.39, 0.29) is 12.8 Å². The largest absolute Gasteiger partial charge is 0.491 e. The quantitative estimate of drug-likeness (QED) is 0.837. The van der Waals surface area contributed by atoms with E-state index in [9.17, 15) is 13.6 Å². The Bertz CT molecular complexity index is 354. The van der Waals surface area contributed by atoms with Gasteiger partial charge in [0.1, 0.15) is 0 Å². The highest BCUT2D eigenvalue weighted by molar-refractivity contribution is 5.67. The summed E-state index contributed by atoms with van der Waals surface area (Å²) < 4.78 is 30.7. The van der Waals surface area contributed by atoms with Crippen molar-refractivity contribution in [2.45, 2.75) is 12.8 Å². The first-order valence-corrected chi connectivity index (χ1v) is 4.28. The minimum absolute atomic E-state index is 0.0904. The molecule has 1 rings (SSSR count). The molecule has 0 saturated heterocycles. The number of carbonyl (C=O) groups is 1. The van der Waals surface area contributed by atoms with Gasteiger partial charge in [0.2, 0.25) is 0 Å². The van der Waals surface area contributed by atoms with Crippen LogP contribution in [0.3, 0.4) is 0 Å². The fourth-order valence-corrected chi connectivity index (χ4v) is 1.20. The topological polar surface area (TPSA) is 46.5 Å². The molecule has 0 radical (unpaired) electrons. The van der Waals surface area contributed by atoms with Crippen LogP contribution < -0.4 is 4.74 Å². The van der Waals surface area contributed by atoms with Crippen molar-refractivity contribution < 1.29 is 23.4 Å². The number of carboxylic acid groups (broad SMARTS) is 1. The molecule has 0 aliphatic heterocycles. The van der Waals surface area contributed by atoms with Gasteiger partial charge < -0.3 is 9.84 Å². The van der Waals surface area contributed by atoms with Crippen molar-refractivity contribution in [1.29, 1.82) is 0 Å². The third-order valence-corrected chi connectivity index (χ3v) is 1.89. The van der Waals surface area contributed by atoms with Crippen LogP contribution in [0.5, 0.6) is 5.75 Å². The molecule has 15 heavy (non-hydrogen) atoms. The van der Waals surface area contributed by atoms with E-state index in [4.69, 9.17) is 5.11 Å². The van der Waals surface area contributed by atoms with Crippen LogP contribution in [0.4, 0.5) is 8.78 Å². The summed E-state index contributed by atoms with van der Waals surface area (Å²) in [6, 6.07) is 2.15. The zero-order valence-corrected chi connectivity index (χ0v) is 8.09. The number of halogens is 2. The molecule has 0 atom stereocenters. The summed E-state index contributed by atoms with van der Waals surface area (Å²) in [6.07, 6.45) is -0.0711. The lowest BCUT2D eigenvalue weighted by molar-refractivity contribution is -0.136. The SMILES string of the molecule is COc1c(F)cc(CCC(=O)O)cc1F. The summed E-state index contributed by atoms with van der Waals surface area (Å²) in [5.41, 5.74) is 0.299. The van der Waals surface area contributed by atoms with E-state index < -0.39 is 23.4 Å². The van der Waals surface area contributed by atoms with Gasteiger partial charge in [0.15, 0.2) is 17.4 Å². The van der Waals surface area contributed by atoms with E-state index in [1.165, 1.54) is 7.11 Å². The standard InChI is InChI=1S/C10H10F2O3/c1-15-10-7(11)4-6(5-8(10)12)2-3-9(13)14/h4-5H,2-3H2,1H3,(H,13,14). The lowest BCUT2D eigenvalue weighted by Gasteiger charge is -2.05. The Morgan fingerprint density at radius 1 is 1.40 bits per heavy atom. The maximum absolute atomic E-state index is 13.1. The Kier molecular flexibility index (Phi) is 3.60. The molecular weight excluding hydrogens is 206 g/mol. The first-order valence-electron chi connectivity index (χ1n) is 4.28. The number of carboxylic acids is 1. The van der Waals surface area contributed by atoms with Crippen LogP contribution in [0.25, 0.3) is 0 Å². The molecule has 0 amide bonds. The van der Waals surface area contributed by atoms with E-state index >= 15 is 0 Å². The van der Waals surface area contributed by atoms with Gasteiger partial charge >= 0.3 is 5.97 Å². The van der Waals surface area contributed by atoms with Gasteiger partial charge in [-0.3, -0.25) is 4.79 Å². The number of aliphatic carboxylic acids is 1. The Hall–Kier alpha value is -1.65. The van der Waals surface area contributed by atoms with Gasteiger partial charge in [-0.2, -0.15) is 0 Å². The average molecular weight is 216 g/mol. The average Bonchev–Trinajstić information content (AvgIpc) is 2.14. The monoisotopic (exact) mass is 216 g/mol. The molecule has 0 saturated carbocycles. The zero-order valence-electron chi connectivity index (χ0n) is 8.09. The number of methoxy groups -OCH3 is 1. The number of hydrogen-bond donors (Lipinski definition) is 1. The van der Waals surface area contributed by atoms with E-state index in [1.807, 2.05) is 0 Å². The van der Waals surface area contributed by atoms with Crippen LogP contribution in [0.15, 0.2) is 12.1 Å². The minimum atomic E-state index is -1.01. The van der Waals surface area contributed by atoms with Crippen molar-refractivity contribution in [1.82, 2.24) is 0 Å². The Balaban J connectivity index is 2.88. The van der Waals surface area contributed by atoms with Crippen molar-refractivity contribution in [3.05, 3.63) is 29.3 Å². The van der Waals surface area contributed by atoms with Crippen LogP contribution in [0.1, 0.15) is 12.0 Å². The maximum atomic E-state index is 13.1. The highest BCUT2D eigenvalue weighted by Crippen LogP contribution is 2.23. The number of rotatable bonds is 4. The van der Waals surface area contributed by atoms with Crippen LogP contribution >= 0.6 is 0 Å². The van der Waals surface area contributed by atoms with Gasteiger partial charge in [-0.1, -0.05) is 0 Å². The van der Waals surface area contributed by atoms with Crippen molar-refractivity contribution in [2.75, 3.05) is 7.11 Å². The second kappa shape index (κ2) is 4.72. The number of hydrogen-bond acceptors (Lipinski definition) is 2. The molecule has 0 heterocycles. The fourth-order valence-electron chi connectivity index (χ4n) is 1.20. The van der Waals surface area contributed by atoms with Crippen molar-refractivity contribution in [3.63, 3.8) is 0 Å². The first-order chi connectivity index (χ1) is 7.04. The highest BCUT2D eigenvalue weighted by atomic mass is 19.1.